The molecule has 0 bridgehead atoms. The van der Waals surface area contributed by atoms with E-state index in [4.69, 9.17) is 11.6 Å². The molecule has 2 rings (SSSR count). The van der Waals surface area contributed by atoms with Crippen LogP contribution in [0.15, 0.2) is 18.2 Å². The predicted octanol–water partition coefficient (Wildman–Crippen LogP) is 2.07. The van der Waals surface area contributed by atoms with Crippen molar-refractivity contribution in [2.24, 2.45) is 0 Å². The van der Waals surface area contributed by atoms with Crippen LogP contribution in [0.25, 0.3) is 0 Å². The van der Waals surface area contributed by atoms with Gasteiger partial charge in [0.1, 0.15) is 0 Å². The van der Waals surface area contributed by atoms with Gasteiger partial charge in [-0.25, -0.2) is 0 Å². The zero-order valence-electron chi connectivity index (χ0n) is 12.1. The van der Waals surface area contributed by atoms with E-state index in [0.717, 1.165) is 18.5 Å². The normalized spacial score (nSPS) is 16.3. The minimum Gasteiger partial charge on any atom is -0.343 e. The molecular formula is C14H15ClF3N3O2. The Labute approximate surface area is 136 Å². The van der Waals surface area contributed by atoms with Crippen LogP contribution in [0.4, 0.5) is 18.9 Å². The number of hydrogen-bond acceptors (Lipinski definition) is 3. The fraction of sp³-hybridized carbons (Fsp3) is 0.429. The minimum absolute atomic E-state index is 0.0400. The molecule has 23 heavy (non-hydrogen) atoms. The molecule has 1 heterocycles. The number of amides is 2. The third kappa shape index (κ3) is 4.84. The second kappa shape index (κ2) is 7.18. The Morgan fingerprint density at radius 1 is 1.26 bits per heavy atom. The Morgan fingerprint density at radius 2 is 1.91 bits per heavy atom. The van der Waals surface area contributed by atoms with E-state index in [1.54, 1.807) is 4.90 Å². The molecule has 1 aliphatic rings. The highest BCUT2D eigenvalue weighted by Gasteiger charge is 2.33. The van der Waals surface area contributed by atoms with E-state index in [9.17, 15) is 22.8 Å². The summed E-state index contributed by atoms with van der Waals surface area (Å²) in [6, 6.07) is 3.23. The lowest BCUT2D eigenvalue weighted by Crippen LogP contribution is -2.48. The van der Waals surface area contributed by atoms with Gasteiger partial charge in [0.15, 0.2) is 0 Å². The summed E-state index contributed by atoms with van der Waals surface area (Å²) in [6.07, 6.45) is -3.83. The number of rotatable bonds is 4. The van der Waals surface area contributed by atoms with Gasteiger partial charge in [0.05, 0.1) is 17.1 Å². The summed E-state index contributed by atoms with van der Waals surface area (Å²) in [5, 5.41) is 2.02. The first kappa shape index (κ1) is 17.6. The van der Waals surface area contributed by atoms with Crippen molar-refractivity contribution in [3.05, 3.63) is 28.8 Å². The molecule has 0 unspecified atom stereocenters. The number of alkyl halides is 3. The van der Waals surface area contributed by atoms with Crippen molar-refractivity contribution in [3.63, 3.8) is 0 Å². The van der Waals surface area contributed by atoms with Crippen molar-refractivity contribution in [1.29, 1.82) is 0 Å². The Kier molecular flexibility index (Phi) is 5.48. The molecule has 0 aromatic heterocycles. The van der Waals surface area contributed by atoms with E-state index in [1.807, 2.05) is 4.90 Å². The van der Waals surface area contributed by atoms with Crippen LogP contribution in [0.5, 0.6) is 0 Å². The van der Waals surface area contributed by atoms with Gasteiger partial charge in [0.2, 0.25) is 12.3 Å². The second-order valence-corrected chi connectivity index (χ2v) is 5.57. The van der Waals surface area contributed by atoms with Crippen molar-refractivity contribution >= 4 is 29.6 Å². The van der Waals surface area contributed by atoms with Crippen molar-refractivity contribution < 1.29 is 22.8 Å². The van der Waals surface area contributed by atoms with Gasteiger partial charge in [-0.1, -0.05) is 11.6 Å². The molecule has 0 spiro atoms. The lowest BCUT2D eigenvalue weighted by molar-refractivity contribution is -0.137. The Hall–Kier alpha value is -1.80. The van der Waals surface area contributed by atoms with Crippen LogP contribution < -0.4 is 5.32 Å². The van der Waals surface area contributed by atoms with E-state index in [1.165, 1.54) is 6.07 Å². The first-order valence-electron chi connectivity index (χ1n) is 6.88. The molecule has 2 amide bonds. The number of hydrogen-bond donors (Lipinski definition) is 1. The summed E-state index contributed by atoms with van der Waals surface area (Å²) >= 11 is 5.53. The zero-order valence-corrected chi connectivity index (χ0v) is 12.8. The van der Waals surface area contributed by atoms with E-state index in [-0.39, 0.29) is 12.2 Å². The van der Waals surface area contributed by atoms with Gasteiger partial charge < -0.3 is 10.2 Å². The van der Waals surface area contributed by atoms with E-state index < -0.39 is 22.7 Å². The Morgan fingerprint density at radius 3 is 2.48 bits per heavy atom. The zero-order chi connectivity index (χ0) is 17.0. The fourth-order valence-corrected chi connectivity index (χ4v) is 2.48. The highest BCUT2D eigenvalue weighted by Crippen LogP contribution is 2.36. The fourth-order valence-electron chi connectivity index (χ4n) is 2.25. The predicted molar refractivity (Wildman–Crippen MR) is 79.2 cm³/mol. The summed E-state index contributed by atoms with van der Waals surface area (Å²) in [7, 11) is 0. The molecule has 0 saturated carbocycles. The first-order chi connectivity index (χ1) is 10.8. The molecule has 126 valence electrons. The molecule has 1 N–H and O–H groups in total. The van der Waals surface area contributed by atoms with E-state index in [0.29, 0.717) is 26.2 Å². The maximum atomic E-state index is 12.8. The monoisotopic (exact) mass is 349 g/mol. The van der Waals surface area contributed by atoms with Gasteiger partial charge in [-0.3, -0.25) is 14.5 Å². The number of benzene rings is 1. The highest BCUT2D eigenvalue weighted by molar-refractivity contribution is 6.31. The van der Waals surface area contributed by atoms with Crippen molar-refractivity contribution in [2.75, 3.05) is 38.0 Å². The van der Waals surface area contributed by atoms with Crippen LogP contribution in [-0.4, -0.2) is 54.8 Å². The summed E-state index contributed by atoms with van der Waals surface area (Å²) < 4.78 is 38.3. The van der Waals surface area contributed by atoms with Crippen LogP contribution in [0.3, 0.4) is 0 Å². The van der Waals surface area contributed by atoms with Gasteiger partial charge in [0.25, 0.3) is 0 Å². The number of carbonyl (C=O) groups excluding carboxylic acids is 2. The first-order valence-corrected chi connectivity index (χ1v) is 7.25. The molecule has 1 aromatic carbocycles. The Bertz CT molecular complexity index is 587. The molecule has 1 fully saturated rings. The molecule has 1 saturated heterocycles. The number of halogens is 4. The van der Waals surface area contributed by atoms with Crippen LogP contribution >= 0.6 is 11.6 Å². The quantitative estimate of drug-likeness (QED) is 0.847. The van der Waals surface area contributed by atoms with Crippen molar-refractivity contribution in [3.8, 4) is 0 Å². The third-order valence-electron chi connectivity index (χ3n) is 3.48. The van der Waals surface area contributed by atoms with E-state index >= 15 is 0 Å². The molecular weight excluding hydrogens is 335 g/mol. The number of carbonyl (C=O) groups is 2. The van der Waals surface area contributed by atoms with Crippen LogP contribution in [0, 0.1) is 0 Å². The van der Waals surface area contributed by atoms with E-state index in [2.05, 4.69) is 5.32 Å². The van der Waals surface area contributed by atoms with Gasteiger partial charge >= 0.3 is 6.18 Å². The molecule has 0 radical (unpaired) electrons. The lowest BCUT2D eigenvalue weighted by atomic mass is 10.2. The number of piperazine rings is 1. The third-order valence-corrected chi connectivity index (χ3v) is 3.81. The molecule has 0 atom stereocenters. The lowest BCUT2D eigenvalue weighted by Gasteiger charge is -2.31. The molecule has 5 nitrogen and oxygen atoms in total. The van der Waals surface area contributed by atoms with Crippen LogP contribution in [0.2, 0.25) is 5.02 Å². The van der Waals surface area contributed by atoms with Crippen LogP contribution in [-0.2, 0) is 15.8 Å². The van der Waals surface area contributed by atoms with Crippen molar-refractivity contribution in [2.45, 2.75) is 6.18 Å². The van der Waals surface area contributed by atoms with Crippen molar-refractivity contribution in [1.82, 2.24) is 9.80 Å². The largest absolute Gasteiger partial charge is 0.417 e. The highest BCUT2D eigenvalue weighted by atomic mass is 35.5. The molecule has 9 heteroatoms. The maximum absolute atomic E-state index is 12.8. The summed E-state index contributed by atoms with van der Waals surface area (Å²) in [6.45, 7) is 2.18. The SMILES string of the molecule is O=CN1CCN(CC(=O)Nc2ccc(Cl)c(C(F)(F)F)c2)CC1. The van der Waals surface area contributed by atoms with Gasteiger partial charge in [-0.2, -0.15) is 13.2 Å². The number of nitrogens with one attached hydrogen (secondary N) is 1. The molecule has 1 aromatic rings. The number of anilines is 1. The summed E-state index contributed by atoms with van der Waals surface area (Å²) in [5.41, 5.74) is -0.949. The maximum Gasteiger partial charge on any atom is 0.417 e. The minimum atomic E-state index is -4.58. The number of nitrogens with zero attached hydrogens (tertiary/aromatic N) is 2. The summed E-state index contributed by atoms with van der Waals surface area (Å²) in [4.78, 5) is 26.0. The van der Waals surface area contributed by atoms with Gasteiger partial charge in [0, 0.05) is 31.9 Å². The topological polar surface area (TPSA) is 52.7 Å². The average molecular weight is 350 g/mol. The standard InChI is InChI=1S/C14H15ClF3N3O2/c15-12-2-1-10(7-11(12)14(16,17)18)19-13(23)8-20-3-5-21(9-22)6-4-20/h1-2,7,9H,3-6,8H2,(H,19,23). The second-order valence-electron chi connectivity index (χ2n) is 5.16. The van der Waals surface area contributed by atoms with Gasteiger partial charge in [-0.15, -0.1) is 0 Å². The van der Waals surface area contributed by atoms with Gasteiger partial charge in [-0.05, 0) is 18.2 Å². The van der Waals surface area contributed by atoms with Crippen LogP contribution in [0.1, 0.15) is 5.56 Å². The average Bonchev–Trinajstić information content (AvgIpc) is 2.49. The summed E-state index contributed by atoms with van der Waals surface area (Å²) in [5.74, 6) is -0.417. The smallest absolute Gasteiger partial charge is 0.343 e. The molecule has 1 aliphatic heterocycles. The Balaban J connectivity index is 1.94. The molecule has 0 aliphatic carbocycles.